The van der Waals surface area contributed by atoms with Crippen LogP contribution in [0.3, 0.4) is 0 Å². The van der Waals surface area contributed by atoms with Crippen molar-refractivity contribution in [3.8, 4) is 0 Å². The minimum absolute atomic E-state index is 0.291. The Morgan fingerprint density at radius 2 is 1.93 bits per heavy atom. The van der Waals surface area contributed by atoms with E-state index < -0.39 is 5.97 Å². The second-order valence-electron chi connectivity index (χ2n) is 3.18. The van der Waals surface area contributed by atoms with Crippen molar-refractivity contribution in [3.05, 3.63) is 11.8 Å². The lowest BCUT2D eigenvalue weighted by Gasteiger charge is -2.19. The summed E-state index contributed by atoms with van der Waals surface area (Å²) in [5.74, 6) is 0.233. The van der Waals surface area contributed by atoms with Crippen LogP contribution in [0.2, 0.25) is 0 Å². The summed E-state index contributed by atoms with van der Waals surface area (Å²) in [6.07, 6.45) is 3.70. The SMILES string of the molecule is COC(=O)C(=CC1CCOCC1)OC. The van der Waals surface area contributed by atoms with E-state index in [1.54, 1.807) is 0 Å². The minimum Gasteiger partial charge on any atom is -0.490 e. The lowest BCUT2D eigenvalue weighted by atomic mass is 9.99. The maximum atomic E-state index is 11.2. The number of esters is 1. The molecule has 1 heterocycles. The maximum Gasteiger partial charge on any atom is 0.372 e. The lowest BCUT2D eigenvalue weighted by Crippen LogP contribution is -2.16. The molecule has 1 aliphatic heterocycles. The van der Waals surface area contributed by atoms with Gasteiger partial charge in [-0.1, -0.05) is 0 Å². The van der Waals surface area contributed by atoms with Crippen LogP contribution < -0.4 is 0 Å². The Labute approximate surface area is 83.8 Å². The highest BCUT2D eigenvalue weighted by atomic mass is 16.6. The van der Waals surface area contributed by atoms with Crippen molar-refractivity contribution in [1.29, 1.82) is 0 Å². The molecule has 0 saturated carbocycles. The Balaban J connectivity index is 2.56. The fourth-order valence-corrected chi connectivity index (χ4v) is 1.42. The van der Waals surface area contributed by atoms with E-state index >= 15 is 0 Å². The van der Waals surface area contributed by atoms with Crippen molar-refractivity contribution in [2.45, 2.75) is 12.8 Å². The molecule has 0 aliphatic carbocycles. The van der Waals surface area contributed by atoms with E-state index in [-0.39, 0.29) is 0 Å². The Hall–Kier alpha value is -1.03. The third-order valence-corrected chi connectivity index (χ3v) is 2.26. The summed E-state index contributed by atoms with van der Waals surface area (Å²) in [5.41, 5.74) is 0. The summed E-state index contributed by atoms with van der Waals surface area (Å²) in [6.45, 7) is 1.50. The van der Waals surface area contributed by atoms with E-state index in [1.165, 1.54) is 14.2 Å². The number of rotatable bonds is 3. The molecule has 1 aliphatic rings. The number of carbonyl (C=O) groups is 1. The standard InChI is InChI=1S/C10H16O4/c1-12-9(10(11)13-2)7-8-3-5-14-6-4-8/h7-8H,3-6H2,1-2H3. The van der Waals surface area contributed by atoms with Gasteiger partial charge in [0.1, 0.15) is 0 Å². The molecular formula is C10H16O4. The molecule has 0 bridgehead atoms. The fraction of sp³-hybridized carbons (Fsp3) is 0.700. The topological polar surface area (TPSA) is 44.8 Å². The molecule has 1 saturated heterocycles. The molecule has 0 spiro atoms. The molecule has 1 fully saturated rings. The Bertz CT molecular complexity index is 216. The summed E-state index contributed by atoms with van der Waals surface area (Å²) < 4.78 is 14.7. The van der Waals surface area contributed by atoms with Gasteiger partial charge >= 0.3 is 5.97 Å². The van der Waals surface area contributed by atoms with Gasteiger partial charge in [0, 0.05) is 13.2 Å². The van der Waals surface area contributed by atoms with Crippen LogP contribution in [0.25, 0.3) is 0 Å². The number of hydrogen-bond acceptors (Lipinski definition) is 4. The fourth-order valence-electron chi connectivity index (χ4n) is 1.42. The van der Waals surface area contributed by atoms with Gasteiger partial charge < -0.3 is 14.2 Å². The van der Waals surface area contributed by atoms with Gasteiger partial charge in [-0.15, -0.1) is 0 Å². The van der Waals surface area contributed by atoms with Gasteiger partial charge in [0.15, 0.2) is 0 Å². The first-order chi connectivity index (χ1) is 6.77. The van der Waals surface area contributed by atoms with E-state index in [1.807, 2.05) is 6.08 Å². The second-order valence-corrected chi connectivity index (χ2v) is 3.18. The average molecular weight is 200 g/mol. The van der Waals surface area contributed by atoms with E-state index in [2.05, 4.69) is 4.74 Å². The Morgan fingerprint density at radius 3 is 2.43 bits per heavy atom. The van der Waals surface area contributed by atoms with Crippen LogP contribution in [0.5, 0.6) is 0 Å². The summed E-state index contributed by atoms with van der Waals surface area (Å²) in [4.78, 5) is 11.2. The van der Waals surface area contributed by atoms with Gasteiger partial charge in [0.05, 0.1) is 14.2 Å². The van der Waals surface area contributed by atoms with Gasteiger partial charge in [-0.3, -0.25) is 0 Å². The number of carbonyl (C=O) groups excluding carboxylic acids is 1. The van der Waals surface area contributed by atoms with Crippen molar-refractivity contribution in [2.24, 2.45) is 5.92 Å². The number of hydrogen-bond donors (Lipinski definition) is 0. The zero-order valence-electron chi connectivity index (χ0n) is 8.62. The summed E-state index contributed by atoms with van der Waals surface area (Å²) in [7, 11) is 2.82. The molecule has 0 aromatic rings. The molecule has 1 rings (SSSR count). The molecule has 0 N–H and O–H groups in total. The van der Waals surface area contributed by atoms with Gasteiger partial charge in [-0.25, -0.2) is 4.79 Å². The van der Waals surface area contributed by atoms with Gasteiger partial charge in [-0.05, 0) is 24.8 Å². The summed E-state index contributed by atoms with van der Waals surface area (Å²) in [6, 6.07) is 0. The molecule has 4 nitrogen and oxygen atoms in total. The highest BCUT2D eigenvalue weighted by Crippen LogP contribution is 2.18. The van der Waals surface area contributed by atoms with Crippen LogP contribution in [0.1, 0.15) is 12.8 Å². The monoisotopic (exact) mass is 200 g/mol. The molecule has 0 radical (unpaired) electrons. The molecule has 0 aromatic carbocycles. The van der Waals surface area contributed by atoms with E-state index in [4.69, 9.17) is 9.47 Å². The van der Waals surface area contributed by atoms with Crippen LogP contribution in [0.4, 0.5) is 0 Å². The zero-order chi connectivity index (χ0) is 10.4. The predicted molar refractivity (Wildman–Crippen MR) is 50.7 cm³/mol. The highest BCUT2D eigenvalue weighted by Gasteiger charge is 2.16. The van der Waals surface area contributed by atoms with Gasteiger partial charge in [0.2, 0.25) is 5.76 Å². The quantitative estimate of drug-likeness (QED) is 0.389. The third-order valence-electron chi connectivity index (χ3n) is 2.26. The van der Waals surface area contributed by atoms with Gasteiger partial charge in [-0.2, -0.15) is 0 Å². The van der Waals surface area contributed by atoms with Crippen molar-refractivity contribution in [2.75, 3.05) is 27.4 Å². The van der Waals surface area contributed by atoms with Crippen molar-refractivity contribution in [1.82, 2.24) is 0 Å². The molecule has 0 amide bonds. The first kappa shape index (κ1) is 11.0. The highest BCUT2D eigenvalue weighted by molar-refractivity contribution is 5.86. The first-order valence-corrected chi connectivity index (χ1v) is 4.69. The molecule has 80 valence electrons. The van der Waals surface area contributed by atoms with E-state index in [9.17, 15) is 4.79 Å². The zero-order valence-corrected chi connectivity index (χ0v) is 8.62. The first-order valence-electron chi connectivity index (χ1n) is 4.69. The number of methoxy groups -OCH3 is 2. The van der Waals surface area contributed by atoms with E-state index in [0.717, 1.165) is 26.1 Å². The Kier molecular flexibility index (Phi) is 4.46. The van der Waals surface area contributed by atoms with Crippen molar-refractivity contribution >= 4 is 5.97 Å². The second kappa shape index (κ2) is 5.65. The van der Waals surface area contributed by atoms with Crippen LogP contribution >= 0.6 is 0 Å². The Morgan fingerprint density at radius 1 is 1.29 bits per heavy atom. The van der Waals surface area contributed by atoms with Crippen LogP contribution in [-0.2, 0) is 19.0 Å². The maximum absolute atomic E-state index is 11.2. The van der Waals surface area contributed by atoms with Gasteiger partial charge in [0.25, 0.3) is 0 Å². The molecule has 14 heavy (non-hydrogen) atoms. The smallest absolute Gasteiger partial charge is 0.372 e. The summed E-state index contributed by atoms with van der Waals surface area (Å²) >= 11 is 0. The number of ether oxygens (including phenoxy) is 3. The summed E-state index contributed by atoms with van der Waals surface area (Å²) in [5, 5.41) is 0. The number of allylic oxidation sites excluding steroid dienone is 1. The molecule has 0 aromatic heterocycles. The average Bonchev–Trinajstić information content (AvgIpc) is 2.26. The van der Waals surface area contributed by atoms with Crippen molar-refractivity contribution < 1.29 is 19.0 Å². The predicted octanol–water partition coefficient (Wildman–Crippen LogP) is 1.12. The van der Waals surface area contributed by atoms with Crippen LogP contribution in [-0.4, -0.2) is 33.4 Å². The minimum atomic E-state index is -0.418. The normalized spacial score (nSPS) is 19.1. The van der Waals surface area contributed by atoms with E-state index in [0.29, 0.717) is 11.7 Å². The van der Waals surface area contributed by atoms with Crippen LogP contribution in [0, 0.1) is 5.92 Å². The molecule has 0 atom stereocenters. The largest absolute Gasteiger partial charge is 0.490 e. The molecule has 0 unspecified atom stereocenters. The molecule has 4 heteroatoms. The lowest BCUT2D eigenvalue weighted by molar-refractivity contribution is -0.139. The van der Waals surface area contributed by atoms with Crippen LogP contribution in [0.15, 0.2) is 11.8 Å². The third kappa shape index (κ3) is 3.03. The molecular weight excluding hydrogens is 184 g/mol. The van der Waals surface area contributed by atoms with Crippen molar-refractivity contribution in [3.63, 3.8) is 0 Å².